The van der Waals surface area contributed by atoms with Crippen molar-refractivity contribution < 1.29 is 4.79 Å². The molecule has 138 valence electrons. The standard InChI is InChI=1S/C19H20N6OS/c1-13-7-14(2)9-15(8-13)25(6-4-5-20)17(26)11-27-19-16-10-23-24(3)18(16)21-12-22-19/h7-10,12H,4,6,11H2,1-3H3. The molecule has 0 atom stereocenters. The van der Waals surface area contributed by atoms with Crippen molar-refractivity contribution in [3.05, 3.63) is 41.9 Å². The first kappa shape index (κ1) is 18.9. The summed E-state index contributed by atoms with van der Waals surface area (Å²) < 4.78 is 1.68. The first-order valence-electron chi connectivity index (χ1n) is 8.50. The summed E-state index contributed by atoms with van der Waals surface area (Å²) in [6.07, 6.45) is 3.47. The molecule has 0 aliphatic rings. The Kier molecular flexibility index (Phi) is 5.72. The third kappa shape index (κ3) is 4.26. The second-order valence-electron chi connectivity index (χ2n) is 6.27. The number of fused-ring (bicyclic) bond motifs is 1. The highest BCUT2D eigenvalue weighted by Gasteiger charge is 2.18. The van der Waals surface area contributed by atoms with Gasteiger partial charge >= 0.3 is 0 Å². The van der Waals surface area contributed by atoms with Gasteiger partial charge in [-0.05, 0) is 37.1 Å². The zero-order valence-corrected chi connectivity index (χ0v) is 16.3. The van der Waals surface area contributed by atoms with Gasteiger partial charge in [0.15, 0.2) is 5.65 Å². The molecule has 3 rings (SSSR count). The van der Waals surface area contributed by atoms with Crippen molar-refractivity contribution in [3.8, 4) is 6.07 Å². The number of aryl methyl sites for hydroxylation is 3. The minimum atomic E-state index is -0.0593. The fourth-order valence-corrected chi connectivity index (χ4v) is 3.77. The van der Waals surface area contributed by atoms with Crippen LogP contribution >= 0.6 is 11.8 Å². The first-order valence-corrected chi connectivity index (χ1v) is 9.49. The van der Waals surface area contributed by atoms with Crippen LogP contribution < -0.4 is 4.90 Å². The van der Waals surface area contributed by atoms with E-state index < -0.39 is 0 Å². The van der Waals surface area contributed by atoms with E-state index in [1.165, 1.54) is 18.1 Å². The highest BCUT2D eigenvalue weighted by Crippen LogP contribution is 2.26. The molecule has 0 aliphatic carbocycles. The molecule has 0 aliphatic heterocycles. The number of anilines is 1. The topological polar surface area (TPSA) is 87.7 Å². The second kappa shape index (κ2) is 8.18. The number of amides is 1. The van der Waals surface area contributed by atoms with Crippen molar-refractivity contribution in [3.63, 3.8) is 0 Å². The van der Waals surface area contributed by atoms with E-state index in [1.807, 2.05) is 33.0 Å². The molecule has 8 heteroatoms. The molecule has 0 unspecified atom stereocenters. The molecule has 3 aromatic rings. The molecule has 2 heterocycles. The lowest BCUT2D eigenvalue weighted by atomic mass is 10.1. The fourth-order valence-electron chi connectivity index (χ4n) is 2.93. The lowest BCUT2D eigenvalue weighted by Gasteiger charge is -2.22. The Morgan fingerprint density at radius 3 is 2.70 bits per heavy atom. The van der Waals surface area contributed by atoms with Crippen LogP contribution in [-0.2, 0) is 11.8 Å². The van der Waals surface area contributed by atoms with Gasteiger partial charge in [0.05, 0.1) is 29.8 Å². The number of hydrogen-bond donors (Lipinski definition) is 0. The highest BCUT2D eigenvalue weighted by atomic mass is 32.2. The molecular formula is C19H20N6OS. The van der Waals surface area contributed by atoms with Gasteiger partial charge in [-0.25, -0.2) is 9.97 Å². The predicted molar refractivity (Wildman–Crippen MR) is 106 cm³/mol. The van der Waals surface area contributed by atoms with Crippen LogP contribution in [-0.4, -0.2) is 38.0 Å². The number of carbonyl (C=O) groups excluding carboxylic acids is 1. The number of nitriles is 1. The van der Waals surface area contributed by atoms with Gasteiger partial charge < -0.3 is 4.90 Å². The molecule has 0 spiro atoms. The summed E-state index contributed by atoms with van der Waals surface area (Å²) >= 11 is 1.36. The summed E-state index contributed by atoms with van der Waals surface area (Å²) in [6.45, 7) is 4.36. The van der Waals surface area contributed by atoms with Crippen LogP contribution in [0.15, 0.2) is 35.7 Å². The maximum absolute atomic E-state index is 12.9. The molecule has 0 fully saturated rings. The largest absolute Gasteiger partial charge is 0.311 e. The van der Waals surface area contributed by atoms with E-state index in [9.17, 15) is 4.79 Å². The maximum Gasteiger partial charge on any atom is 0.237 e. The first-order chi connectivity index (χ1) is 13.0. The molecule has 0 saturated heterocycles. The summed E-state index contributed by atoms with van der Waals surface area (Å²) in [5.41, 5.74) is 3.72. The third-order valence-electron chi connectivity index (χ3n) is 4.09. The van der Waals surface area contributed by atoms with Gasteiger partial charge in [-0.1, -0.05) is 17.8 Å². The molecule has 1 amide bonds. The van der Waals surface area contributed by atoms with Gasteiger partial charge in [0.1, 0.15) is 11.4 Å². The Bertz CT molecular complexity index is 1000. The summed E-state index contributed by atoms with van der Waals surface area (Å²) in [7, 11) is 1.82. The minimum absolute atomic E-state index is 0.0593. The molecule has 2 aromatic heterocycles. The Morgan fingerprint density at radius 1 is 1.26 bits per heavy atom. The smallest absolute Gasteiger partial charge is 0.237 e. The average molecular weight is 380 g/mol. The van der Waals surface area contributed by atoms with Crippen molar-refractivity contribution in [2.75, 3.05) is 17.2 Å². The monoisotopic (exact) mass is 380 g/mol. The number of hydrogen-bond acceptors (Lipinski definition) is 6. The summed E-state index contributed by atoms with van der Waals surface area (Å²) in [5.74, 6) is 0.162. The van der Waals surface area contributed by atoms with Crippen LogP contribution in [0.4, 0.5) is 5.69 Å². The van der Waals surface area contributed by atoms with Crippen LogP contribution in [0.3, 0.4) is 0 Å². The summed E-state index contributed by atoms with van der Waals surface area (Å²) in [4.78, 5) is 23.1. The van der Waals surface area contributed by atoms with Gasteiger partial charge in [-0.15, -0.1) is 0 Å². The molecule has 0 saturated carbocycles. The van der Waals surface area contributed by atoms with E-state index in [0.717, 1.165) is 32.9 Å². The molecular weight excluding hydrogens is 360 g/mol. The Morgan fingerprint density at radius 2 is 2.00 bits per heavy atom. The Labute approximate surface area is 162 Å². The van der Waals surface area contributed by atoms with Gasteiger partial charge in [0.2, 0.25) is 5.91 Å². The molecule has 1 aromatic carbocycles. The number of carbonyl (C=O) groups is 1. The Balaban J connectivity index is 1.81. The van der Waals surface area contributed by atoms with E-state index in [4.69, 9.17) is 5.26 Å². The number of aromatic nitrogens is 4. The Hall–Kier alpha value is -2.92. The zero-order valence-electron chi connectivity index (χ0n) is 15.5. The van der Waals surface area contributed by atoms with Crippen LogP contribution in [0, 0.1) is 25.2 Å². The van der Waals surface area contributed by atoms with Gasteiger partial charge in [-0.2, -0.15) is 10.4 Å². The van der Waals surface area contributed by atoms with E-state index in [0.29, 0.717) is 6.54 Å². The van der Waals surface area contributed by atoms with Crippen molar-refractivity contribution in [2.45, 2.75) is 25.3 Å². The van der Waals surface area contributed by atoms with Crippen LogP contribution in [0.1, 0.15) is 17.5 Å². The minimum Gasteiger partial charge on any atom is -0.311 e. The quantitative estimate of drug-likeness (QED) is 0.482. The SMILES string of the molecule is Cc1cc(C)cc(N(CCC#N)C(=O)CSc2ncnc3c2cnn3C)c1. The molecule has 0 N–H and O–H groups in total. The lowest BCUT2D eigenvalue weighted by molar-refractivity contribution is -0.116. The zero-order chi connectivity index (χ0) is 19.4. The van der Waals surface area contributed by atoms with Gasteiger partial charge in [0.25, 0.3) is 0 Å². The molecule has 0 bridgehead atoms. The van der Waals surface area contributed by atoms with E-state index in [1.54, 1.807) is 15.8 Å². The highest BCUT2D eigenvalue weighted by molar-refractivity contribution is 8.00. The van der Waals surface area contributed by atoms with Gasteiger partial charge in [0, 0.05) is 19.3 Å². The van der Waals surface area contributed by atoms with Crippen molar-refractivity contribution in [1.29, 1.82) is 5.26 Å². The number of thioether (sulfide) groups is 1. The normalized spacial score (nSPS) is 10.7. The average Bonchev–Trinajstić information content (AvgIpc) is 3.01. The fraction of sp³-hybridized carbons (Fsp3) is 0.316. The predicted octanol–water partition coefficient (Wildman–Crippen LogP) is 3.02. The van der Waals surface area contributed by atoms with Crippen molar-refractivity contribution >= 4 is 34.4 Å². The van der Waals surface area contributed by atoms with Crippen molar-refractivity contribution in [1.82, 2.24) is 19.7 Å². The van der Waals surface area contributed by atoms with Crippen molar-refractivity contribution in [2.24, 2.45) is 7.05 Å². The van der Waals surface area contributed by atoms with E-state index in [-0.39, 0.29) is 18.1 Å². The summed E-state index contributed by atoms with van der Waals surface area (Å²) in [5, 5.41) is 14.7. The van der Waals surface area contributed by atoms with Crippen LogP contribution in [0.5, 0.6) is 0 Å². The maximum atomic E-state index is 12.9. The second-order valence-corrected chi connectivity index (χ2v) is 7.24. The van der Waals surface area contributed by atoms with Gasteiger partial charge in [-0.3, -0.25) is 9.48 Å². The van der Waals surface area contributed by atoms with Crippen LogP contribution in [0.25, 0.3) is 11.0 Å². The lowest BCUT2D eigenvalue weighted by Crippen LogP contribution is -2.33. The summed E-state index contributed by atoms with van der Waals surface area (Å²) in [6, 6.07) is 8.12. The number of rotatable bonds is 6. The van der Waals surface area contributed by atoms with Crippen LogP contribution in [0.2, 0.25) is 0 Å². The number of nitrogens with zero attached hydrogens (tertiary/aromatic N) is 6. The molecule has 7 nitrogen and oxygen atoms in total. The number of benzene rings is 1. The van der Waals surface area contributed by atoms with E-state index in [2.05, 4.69) is 27.2 Å². The molecule has 0 radical (unpaired) electrons. The third-order valence-corrected chi connectivity index (χ3v) is 5.08. The molecule has 27 heavy (non-hydrogen) atoms. The van der Waals surface area contributed by atoms with E-state index >= 15 is 0 Å².